The molecule has 1 N–H and O–H groups in total. The predicted octanol–water partition coefficient (Wildman–Crippen LogP) is 5.69. The van der Waals surface area contributed by atoms with Gasteiger partial charge in [0.2, 0.25) is 5.91 Å². The lowest BCUT2D eigenvalue weighted by Gasteiger charge is -2.38. The minimum atomic E-state index is -1.37. The Bertz CT molecular complexity index is 1780. The van der Waals surface area contributed by atoms with E-state index in [4.69, 9.17) is 9.47 Å². The Labute approximate surface area is 243 Å². The zero-order valence-corrected chi connectivity index (χ0v) is 23.1. The van der Waals surface area contributed by atoms with Crippen molar-refractivity contribution in [2.75, 3.05) is 19.5 Å². The van der Waals surface area contributed by atoms with Gasteiger partial charge in [-0.05, 0) is 47.0 Å². The number of benzene rings is 4. The second kappa shape index (κ2) is 9.73. The predicted molar refractivity (Wildman–Crippen MR) is 159 cm³/mol. The van der Waals surface area contributed by atoms with E-state index in [0.717, 1.165) is 11.1 Å². The molecule has 1 amide bonds. The van der Waals surface area contributed by atoms with E-state index in [1.807, 2.05) is 71.8 Å². The molecule has 1 fully saturated rings. The van der Waals surface area contributed by atoms with E-state index < -0.39 is 23.4 Å². The monoisotopic (exact) mass is 556 g/mol. The van der Waals surface area contributed by atoms with Crippen molar-refractivity contribution < 1.29 is 23.9 Å². The Morgan fingerprint density at radius 1 is 0.786 bits per heavy atom. The Balaban J connectivity index is 1.52. The molecular formula is C35H28N2O5. The number of carbonyl (C=O) groups is 3. The van der Waals surface area contributed by atoms with Crippen LogP contribution < -0.4 is 14.8 Å². The molecule has 4 aromatic carbocycles. The average molecular weight is 557 g/mol. The summed E-state index contributed by atoms with van der Waals surface area (Å²) in [6, 6.07) is 27.7. The van der Waals surface area contributed by atoms with Crippen molar-refractivity contribution in [3.8, 4) is 11.5 Å². The average Bonchev–Trinajstić information content (AvgIpc) is 3.52. The second-order valence-electron chi connectivity index (χ2n) is 10.7. The Kier molecular flexibility index (Phi) is 5.97. The summed E-state index contributed by atoms with van der Waals surface area (Å²) in [5, 5.41) is 3.07. The summed E-state index contributed by atoms with van der Waals surface area (Å²) >= 11 is 0. The topological polar surface area (TPSA) is 84.9 Å². The summed E-state index contributed by atoms with van der Waals surface area (Å²) in [5.41, 5.74) is 2.63. The fourth-order valence-corrected chi connectivity index (χ4v) is 7.11. The van der Waals surface area contributed by atoms with Gasteiger partial charge in [0.05, 0.1) is 26.2 Å². The highest BCUT2D eigenvalue weighted by atomic mass is 16.5. The number of Topliss-reactive ketones (excluding diaryl/α,β-unsaturated/α-hetero) is 2. The summed E-state index contributed by atoms with van der Waals surface area (Å²) in [5.74, 6) is -0.981. The van der Waals surface area contributed by atoms with E-state index in [1.54, 1.807) is 42.5 Å². The molecule has 7 rings (SSSR count). The fraction of sp³-hybridized carbons (Fsp3) is 0.171. The molecule has 0 bridgehead atoms. The lowest BCUT2D eigenvalue weighted by molar-refractivity contribution is -0.122. The standard InChI is InChI=1S/C35H28N2O5/c1-41-27-17-16-23(20-28(27)42-2)32(39)30-29(31(38)22-11-4-3-5-12-22)35(25-14-8-9-15-26(25)36-34(35)40)33-24-13-7-6-10-21(24)18-19-37(30)33/h3-20,29-30,33H,1-2H3,(H,36,40)/t29-,30-,33+,35-/m0/s1. The van der Waals surface area contributed by atoms with Gasteiger partial charge >= 0.3 is 0 Å². The van der Waals surface area contributed by atoms with Crippen LogP contribution in [0.15, 0.2) is 103 Å². The van der Waals surface area contributed by atoms with Crippen molar-refractivity contribution in [2.45, 2.75) is 17.5 Å². The molecule has 0 aliphatic carbocycles. The van der Waals surface area contributed by atoms with Gasteiger partial charge in [-0.2, -0.15) is 0 Å². The first kappa shape index (κ1) is 25.8. The van der Waals surface area contributed by atoms with E-state index in [-0.39, 0.29) is 17.5 Å². The van der Waals surface area contributed by atoms with E-state index in [1.165, 1.54) is 14.2 Å². The highest BCUT2D eigenvalue weighted by molar-refractivity contribution is 6.16. The van der Waals surface area contributed by atoms with Gasteiger partial charge in [0, 0.05) is 23.0 Å². The summed E-state index contributed by atoms with van der Waals surface area (Å²) in [6.07, 6.45) is 3.81. The van der Waals surface area contributed by atoms with Crippen LogP contribution in [0.5, 0.6) is 11.5 Å². The van der Waals surface area contributed by atoms with Gasteiger partial charge in [0.15, 0.2) is 23.1 Å². The fourth-order valence-electron chi connectivity index (χ4n) is 7.11. The maximum atomic E-state index is 14.8. The van der Waals surface area contributed by atoms with E-state index in [9.17, 15) is 14.4 Å². The molecule has 0 saturated carbocycles. The lowest BCUT2D eigenvalue weighted by atomic mass is 9.62. The number of anilines is 1. The number of ether oxygens (including phenoxy) is 2. The molecule has 1 saturated heterocycles. The molecule has 4 aromatic rings. The Hall–Kier alpha value is -5.17. The number of nitrogens with one attached hydrogen (secondary N) is 1. The molecule has 3 aliphatic heterocycles. The zero-order chi connectivity index (χ0) is 29.0. The van der Waals surface area contributed by atoms with Crippen LogP contribution in [0.2, 0.25) is 0 Å². The van der Waals surface area contributed by atoms with Gasteiger partial charge in [-0.1, -0.05) is 72.8 Å². The van der Waals surface area contributed by atoms with Gasteiger partial charge in [0.25, 0.3) is 0 Å². The van der Waals surface area contributed by atoms with Gasteiger partial charge in [-0.25, -0.2) is 0 Å². The number of carbonyl (C=O) groups excluding carboxylic acids is 3. The minimum absolute atomic E-state index is 0.262. The first-order valence-corrected chi connectivity index (χ1v) is 13.8. The highest BCUT2D eigenvalue weighted by Gasteiger charge is 2.70. The molecule has 3 heterocycles. The Morgan fingerprint density at radius 3 is 2.29 bits per heavy atom. The molecule has 208 valence electrons. The smallest absolute Gasteiger partial charge is 0.238 e. The molecule has 1 spiro atoms. The number of ketones is 2. The SMILES string of the molecule is COc1ccc(C(=O)[C@@H]2[C@@H](C(=O)c3ccccc3)[C@]3(C(=O)Nc4ccccc43)[C@H]3c4ccccc4C=CN23)cc1OC. The van der Waals surface area contributed by atoms with E-state index in [0.29, 0.717) is 33.9 Å². The third-order valence-corrected chi connectivity index (χ3v) is 8.85. The number of fused-ring (bicyclic) bond motifs is 6. The van der Waals surface area contributed by atoms with Crippen molar-refractivity contribution in [3.63, 3.8) is 0 Å². The molecule has 0 unspecified atom stereocenters. The van der Waals surface area contributed by atoms with Gasteiger partial charge in [0.1, 0.15) is 11.5 Å². The van der Waals surface area contributed by atoms with Crippen molar-refractivity contribution >= 4 is 29.2 Å². The number of hydrogen-bond acceptors (Lipinski definition) is 6. The maximum Gasteiger partial charge on any atom is 0.238 e. The van der Waals surface area contributed by atoms with Crippen molar-refractivity contribution in [3.05, 3.63) is 131 Å². The third kappa shape index (κ3) is 3.49. The first-order valence-electron chi connectivity index (χ1n) is 13.8. The number of amides is 1. The van der Waals surface area contributed by atoms with Crippen molar-refractivity contribution in [1.29, 1.82) is 0 Å². The van der Waals surface area contributed by atoms with Gasteiger partial charge in [-0.3, -0.25) is 14.4 Å². The molecule has 4 atom stereocenters. The van der Waals surface area contributed by atoms with Gasteiger partial charge in [-0.15, -0.1) is 0 Å². The molecule has 0 radical (unpaired) electrons. The zero-order valence-electron chi connectivity index (χ0n) is 23.1. The van der Waals surface area contributed by atoms with E-state index in [2.05, 4.69) is 5.32 Å². The quantitative estimate of drug-likeness (QED) is 0.308. The summed E-state index contributed by atoms with van der Waals surface area (Å²) in [6.45, 7) is 0. The van der Waals surface area contributed by atoms with Crippen LogP contribution in [0.25, 0.3) is 6.08 Å². The van der Waals surface area contributed by atoms with E-state index >= 15 is 0 Å². The van der Waals surface area contributed by atoms with Crippen LogP contribution in [0.3, 0.4) is 0 Å². The Morgan fingerprint density at radius 2 is 1.50 bits per heavy atom. The molecular weight excluding hydrogens is 528 g/mol. The number of methoxy groups -OCH3 is 2. The van der Waals surface area contributed by atoms with Gasteiger partial charge < -0.3 is 19.7 Å². The molecule has 7 nitrogen and oxygen atoms in total. The first-order chi connectivity index (χ1) is 20.5. The minimum Gasteiger partial charge on any atom is -0.493 e. The highest BCUT2D eigenvalue weighted by Crippen LogP contribution is 2.62. The van der Waals surface area contributed by atoms with Crippen LogP contribution >= 0.6 is 0 Å². The van der Waals surface area contributed by atoms with Crippen molar-refractivity contribution in [1.82, 2.24) is 4.90 Å². The van der Waals surface area contributed by atoms with Crippen LogP contribution in [0, 0.1) is 5.92 Å². The molecule has 0 aromatic heterocycles. The summed E-state index contributed by atoms with van der Waals surface area (Å²) in [4.78, 5) is 45.9. The number of nitrogens with zero attached hydrogens (tertiary/aromatic N) is 1. The maximum absolute atomic E-state index is 14.8. The summed E-state index contributed by atoms with van der Waals surface area (Å²) < 4.78 is 10.9. The molecule has 7 heteroatoms. The third-order valence-electron chi connectivity index (χ3n) is 8.85. The molecule has 3 aliphatic rings. The largest absolute Gasteiger partial charge is 0.493 e. The lowest BCUT2D eigenvalue weighted by Crippen LogP contribution is -2.49. The normalized spacial score (nSPS) is 23.1. The molecule has 42 heavy (non-hydrogen) atoms. The number of rotatable bonds is 6. The number of hydrogen-bond donors (Lipinski definition) is 1. The van der Waals surface area contributed by atoms with Crippen molar-refractivity contribution in [2.24, 2.45) is 5.92 Å². The van der Waals surface area contributed by atoms with Crippen LogP contribution in [-0.2, 0) is 10.2 Å². The van der Waals surface area contributed by atoms with Crippen LogP contribution in [0.1, 0.15) is 43.4 Å². The van der Waals surface area contributed by atoms with Crippen LogP contribution in [-0.4, -0.2) is 42.6 Å². The van der Waals surface area contributed by atoms with Crippen LogP contribution in [0.4, 0.5) is 5.69 Å². The second-order valence-corrected chi connectivity index (χ2v) is 10.7. The summed E-state index contributed by atoms with van der Waals surface area (Å²) in [7, 11) is 3.05. The number of para-hydroxylation sites is 1.